The molecule has 1 aromatic rings. The summed E-state index contributed by atoms with van der Waals surface area (Å²) in [6.45, 7) is 3.30. The summed E-state index contributed by atoms with van der Waals surface area (Å²) in [5.41, 5.74) is 1.45. The molecule has 0 atom stereocenters. The van der Waals surface area contributed by atoms with Crippen molar-refractivity contribution in [3.8, 4) is 0 Å². The summed E-state index contributed by atoms with van der Waals surface area (Å²) in [5.74, 6) is 0. The Bertz CT molecular complexity index is 357. The zero-order chi connectivity index (χ0) is 10.3. The molecule has 1 aliphatic rings. The normalized spacial score (nSPS) is 19.4. The number of rotatable bonds is 2. The van der Waals surface area contributed by atoms with E-state index in [1.807, 2.05) is 18.7 Å². The number of nitrogens with zero attached hydrogens (tertiary/aromatic N) is 2. The Balaban J connectivity index is 2.23. The second-order valence-electron chi connectivity index (χ2n) is 3.97. The fourth-order valence-corrected chi connectivity index (χ4v) is 2.20. The van der Waals surface area contributed by atoms with Crippen LogP contribution in [0.15, 0.2) is 4.47 Å². The summed E-state index contributed by atoms with van der Waals surface area (Å²) in [4.78, 5) is 0. The average molecular weight is 260 g/mol. The SMILES string of the molecule is Cc1nn(C)c(CC2(O)CNC2)c1Br. The molecule has 0 bridgehead atoms. The van der Waals surface area contributed by atoms with Gasteiger partial charge in [-0.3, -0.25) is 4.68 Å². The third-order valence-electron chi connectivity index (χ3n) is 2.67. The van der Waals surface area contributed by atoms with Gasteiger partial charge >= 0.3 is 0 Å². The standard InChI is InChI=1S/C9H14BrN3O/c1-6-8(10)7(13(2)12-6)3-9(14)4-11-5-9/h11,14H,3-5H2,1-2H3. The molecule has 4 nitrogen and oxygen atoms in total. The van der Waals surface area contributed by atoms with E-state index in [0.29, 0.717) is 19.5 Å². The Kier molecular flexibility index (Phi) is 2.41. The predicted octanol–water partition coefficient (Wildman–Crippen LogP) is 0.368. The van der Waals surface area contributed by atoms with Crippen molar-refractivity contribution in [3.05, 3.63) is 15.9 Å². The molecular formula is C9H14BrN3O. The molecule has 1 aromatic heterocycles. The Morgan fingerprint density at radius 3 is 2.64 bits per heavy atom. The van der Waals surface area contributed by atoms with Gasteiger partial charge in [0.1, 0.15) is 0 Å². The van der Waals surface area contributed by atoms with Crippen LogP contribution in [0.3, 0.4) is 0 Å². The van der Waals surface area contributed by atoms with Gasteiger partial charge in [0.15, 0.2) is 0 Å². The second-order valence-corrected chi connectivity index (χ2v) is 4.77. The molecule has 78 valence electrons. The number of halogens is 1. The van der Waals surface area contributed by atoms with E-state index in [1.54, 1.807) is 0 Å². The van der Waals surface area contributed by atoms with Crippen molar-refractivity contribution in [1.29, 1.82) is 0 Å². The number of aromatic nitrogens is 2. The molecule has 0 aliphatic carbocycles. The molecule has 0 unspecified atom stereocenters. The fraction of sp³-hybridized carbons (Fsp3) is 0.667. The highest BCUT2D eigenvalue weighted by Crippen LogP contribution is 2.25. The number of hydrogen-bond acceptors (Lipinski definition) is 3. The van der Waals surface area contributed by atoms with Crippen molar-refractivity contribution in [2.75, 3.05) is 13.1 Å². The van der Waals surface area contributed by atoms with Gasteiger partial charge in [-0.25, -0.2) is 0 Å². The monoisotopic (exact) mass is 259 g/mol. The van der Waals surface area contributed by atoms with Gasteiger partial charge in [0.2, 0.25) is 0 Å². The van der Waals surface area contributed by atoms with Gasteiger partial charge in [0, 0.05) is 26.6 Å². The molecule has 5 heteroatoms. The molecule has 0 spiro atoms. The zero-order valence-electron chi connectivity index (χ0n) is 8.34. The molecule has 1 fully saturated rings. The van der Waals surface area contributed by atoms with Crippen LogP contribution >= 0.6 is 15.9 Å². The highest BCUT2D eigenvalue weighted by Gasteiger charge is 2.36. The summed E-state index contributed by atoms with van der Waals surface area (Å²) in [6, 6.07) is 0. The van der Waals surface area contributed by atoms with E-state index in [-0.39, 0.29) is 0 Å². The van der Waals surface area contributed by atoms with Crippen molar-refractivity contribution in [2.45, 2.75) is 18.9 Å². The summed E-state index contributed by atoms with van der Waals surface area (Å²) in [7, 11) is 1.91. The Morgan fingerprint density at radius 2 is 2.29 bits per heavy atom. The highest BCUT2D eigenvalue weighted by molar-refractivity contribution is 9.10. The smallest absolute Gasteiger partial charge is 0.0950 e. The molecule has 1 aliphatic heterocycles. The summed E-state index contributed by atoms with van der Waals surface area (Å²) < 4.78 is 2.84. The van der Waals surface area contributed by atoms with E-state index < -0.39 is 5.60 Å². The van der Waals surface area contributed by atoms with Gasteiger partial charge in [-0.1, -0.05) is 0 Å². The minimum Gasteiger partial charge on any atom is -0.387 e. The molecule has 2 N–H and O–H groups in total. The van der Waals surface area contributed by atoms with Crippen LogP contribution in [-0.4, -0.2) is 33.6 Å². The Hall–Kier alpha value is -0.390. The topological polar surface area (TPSA) is 50.1 Å². The first-order valence-corrected chi connectivity index (χ1v) is 5.42. The molecule has 2 heterocycles. The predicted molar refractivity (Wildman–Crippen MR) is 57.2 cm³/mol. The van der Waals surface area contributed by atoms with Gasteiger partial charge < -0.3 is 10.4 Å². The quantitative estimate of drug-likeness (QED) is 0.807. The second kappa shape index (κ2) is 3.32. The van der Waals surface area contributed by atoms with Gasteiger partial charge in [0.25, 0.3) is 0 Å². The molecular weight excluding hydrogens is 246 g/mol. The molecule has 2 rings (SSSR count). The minimum atomic E-state index is -0.581. The minimum absolute atomic E-state index is 0.581. The Labute approximate surface area is 91.4 Å². The highest BCUT2D eigenvalue weighted by atomic mass is 79.9. The van der Waals surface area contributed by atoms with Gasteiger partial charge in [-0.15, -0.1) is 0 Å². The zero-order valence-corrected chi connectivity index (χ0v) is 9.93. The maximum absolute atomic E-state index is 10.00. The van der Waals surface area contributed by atoms with E-state index in [1.165, 1.54) is 0 Å². The largest absolute Gasteiger partial charge is 0.387 e. The van der Waals surface area contributed by atoms with Crippen LogP contribution in [0.25, 0.3) is 0 Å². The van der Waals surface area contributed by atoms with Crippen LogP contribution in [-0.2, 0) is 13.5 Å². The van der Waals surface area contributed by atoms with Crippen LogP contribution in [0.1, 0.15) is 11.4 Å². The molecule has 0 radical (unpaired) electrons. The van der Waals surface area contributed by atoms with Crippen molar-refractivity contribution in [1.82, 2.24) is 15.1 Å². The number of aryl methyl sites for hydroxylation is 2. The van der Waals surface area contributed by atoms with Crippen LogP contribution in [0.4, 0.5) is 0 Å². The van der Waals surface area contributed by atoms with Crippen LogP contribution in [0, 0.1) is 6.92 Å². The van der Waals surface area contributed by atoms with Crippen molar-refractivity contribution < 1.29 is 5.11 Å². The van der Waals surface area contributed by atoms with Gasteiger partial charge in [0.05, 0.1) is 21.5 Å². The average Bonchev–Trinajstić information content (AvgIpc) is 2.29. The first kappa shape index (κ1) is 10.1. The molecule has 0 amide bonds. The van der Waals surface area contributed by atoms with E-state index in [2.05, 4.69) is 26.3 Å². The van der Waals surface area contributed by atoms with Crippen LogP contribution in [0.5, 0.6) is 0 Å². The van der Waals surface area contributed by atoms with Crippen molar-refractivity contribution in [3.63, 3.8) is 0 Å². The maximum Gasteiger partial charge on any atom is 0.0950 e. The third kappa shape index (κ3) is 1.60. The summed E-state index contributed by atoms with van der Waals surface area (Å²) >= 11 is 3.49. The lowest BCUT2D eigenvalue weighted by Crippen LogP contribution is -2.60. The van der Waals surface area contributed by atoms with Gasteiger partial charge in [-0.05, 0) is 22.9 Å². The summed E-state index contributed by atoms with van der Waals surface area (Å²) in [5, 5.41) is 17.4. The summed E-state index contributed by atoms with van der Waals surface area (Å²) in [6.07, 6.45) is 0.651. The maximum atomic E-state index is 10.00. The molecule has 0 saturated carbocycles. The molecule has 1 saturated heterocycles. The molecule has 14 heavy (non-hydrogen) atoms. The van der Waals surface area contributed by atoms with Crippen LogP contribution < -0.4 is 5.32 Å². The van der Waals surface area contributed by atoms with Crippen LogP contribution in [0.2, 0.25) is 0 Å². The molecule has 0 aromatic carbocycles. The number of aliphatic hydroxyl groups is 1. The van der Waals surface area contributed by atoms with E-state index in [9.17, 15) is 5.11 Å². The fourth-order valence-electron chi connectivity index (χ4n) is 1.72. The Morgan fingerprint density at radius 1 is 1.64 bits per heavy atom. The number of nitrogens with one attached hydrogen (secondary N) is 1. The lowest BCUT2D eigenvalue weighted by atomic mass is 9.91. The van der Waals surface area contributed by atoms with E-state index in [4.69, 9.17) is 0 Å². The van der Waals surface area contributed by atoms with E-state index >= 15 is 0 Å². The lowest BCUT2D eigenvalue weighted by molar-refractivity contribution is -0.0106. The lowest BCUT2D eigenvalue weighted by Gasteiger charge is -2.37. The number of hydrogen-bond donors (Lipinski definition) is 2. The van der Waals surface area contributed by atoms with E-state index in [0.717, 1.165) is 15.9 Å². The third-order valence-corrected chi connectivity index (χ3v) is 3.70. The van der Waals surface area contributed by atoms with Gasteiger partial charge in [-0.2, -0.15) is 5.10 Å². The first-order chi connectivity index (χ1) is 6.52. The van der Waals surface area contributed by atoms with Crippen molar-refractivity contribution in [2.24, 2.45) is 7.05 Å². The van der Waals surface area contributed by atoms with Crippen molar-refractivity contribution >= 4 is 15.9 Å². The number of β-amino-alcohol motifs (C(OH)–C–C–N with tert-alkyl or cyclic N) is 1. The first-order valence-electron chi connectivity index (χ1n) is 4.63.